The van der Waals surface area contributed by atoms with E-state index in [1.807, 2.05) is 0 Å². The van der Waals surface area contributed by atoms with Gasteiger partial charge in [-0.2, -0.15) is 0 Å². The minimum absolute atomic E-state index is 0.231. The third-order valence-electron chi connectivity index (χ3n) is 3.78. The Morgan fingerprint density at radius 1 is 1.50 bits per heavy atom. The molecule has 0 bridgehead atoms. The summed E-state index contributed by atoms with van der Waals surface area (Å²) in [7, 11) is 0. The third kappa shape index (κ3) is 2.95. The van der Waals surface area contributed by atoms with Crippen LogP contribution in [-0.2, 0) is 4.79 Å². The maximum absolute atomic E-state index is 11.6. The molecule has 0 aromatic heterocycles. The molecule has 2 aliphatic rings. The molecule has 0 radical (unpaired) electrons. The van der Waals surface area contributed by atoms with Gasteiger partial charge in [0.25, 0.3) is 0 Å². The van der Waals surface area contributed by atoms with E-state index in [4.69, 9.17) is 0 Å². The van der Waals surface area contributed by atoms with Crippen LogP contribution in [0.3, 0.4) is 0 Å². The summed E-state index contributed by atoms with van der Waals surface area (Å²) < 4.78 is 0. The number of nitrogens with one attached hydrogen (secondary N) is 2. The van der Waals surface area contributed by atoms with Gasteiger partial charge in [0.15, 0.2) is 0 Å². The SMILES string of the molecule is CCN1CCCC1CNC(=O)CC1CNC1. The molecule has 0 saturated carbocycles. The van der Waals surface area contributed by atoms with E-state index in [1.165, 1.54) is 19.4 Å². The number of hydrogen-bond donors (Lipinski definition) is 2. The Morgan fingerprint density at radius 3 is 2.94 bits per heavy atom. The van der Waals surface area contributed by atoms with Crippen molar-refractivity contribution in [3.8, 4) is 0 Å². The first kappa shape index (κ1) is 11.9. The minimum Gasteiger partial charge on any atom is -0.355 e. The summed E-state index contributed by atoms with van der Waals surface area (Å²) >= 11 is 0. The molecule has 0 spiro atoms. The van der Waals surface area contributed by atoms with Crippen LogP contribution in [-0.4, -0.2) is 49.6 Å². The van der Waals surface area contributed by atoms with Gasteiger partial charge in [-0.1, -0.05) is 6.92 Å². The van der Waals surface area contributed by atoms with E-state index >= 15 is 0 Å². The molecule has 16 heavy (non-hydrogen) atoms. The molecule has 4 heteroatoms. The van der Waals surface area contributed by atoms with E-state index in [9.17, 15) is 4.79 Å². The van der Waals surface area contributed by atoms with Crippen LogP contribution in [0.25, 0.3) is 0 Å². The first-order valence-electron chi connectivity index (χ1n) is 6.51. The summed E-state index contributed by atoms with van der Waals surface area (Å²) in [6, 6.07) is 0.577. The molecule has 92 valence electrons. The van der Waals surface area contributed by atoms with Crippen molar-refractivity contribution in [2.45, 2.75) is 32.2 Å². The zero-order chi connectivity index (χ0) is 11.4. The smallest absolute Gasteiger partial charge is 0.220 e. The van der Waals surface area contributed by atoms with Crippen molar-refractivity contribution in [2.75, 3.05) is 32.7 Å². The highest BCUT2D eigenvalue weighted by Crippen LogP contribution is 2.15. The lowest BCUT2D eigenvalue weighted by Crippen LogP contribution is -2.46. The fourth-order valence-corrected chi connectivity index (χ4v) is 2.60. The number of nitrogens with zero attached hydrogens (tertiary/aromatic N) is 1. The number of likely N-dealkylation sites (tertiary alicyclic amines) is 1. The molecule has 2 heterocycles. The molecule has 2 saturated heterocycles. The average molecular weight is 225 g/mol. The second kappa shape index (κ2) is 5.64. The van der Waals surface area contributed by atoms with E-state index in [0.29, 0.717) is 18.4 Å². The van der Waals surface area contributed by atoms with Gasteiger partial charge in [-0.15, -0.1) is 0 Å². The molecular formula is C12H23N3O. The number of amides is 1. The molecule has 1 atom stereocenters. The lowest BCUT2D eigenvalue weighted by atomic mass is 9.99. The quantitative estimate of drug-likeness (QED) is 0.702. The first-order chi connectivity index (χ1) is 7.79. The molecule has 0 aromatic rings. The first-order valence-corrected chi connectivity index (χ1v) is 6.51. The number of carbonyl (C=O) groups excluding carboxylic acids is 1. The van der Waals surface area contributed by atoms with Gasteiger partial charge in [-0.25, -0.2) is 0 Å². The van der Waals surface area contributed by atoms with Crippen LogP contribution in [0.4, 0.5) is 0 Å². The van der Waals surface area contributed by atoms with Crippen molar-refractivity contribution in [2.24, 2.45) is 5.92 Å². The van der Waals surface area contributed by atoms with Crippen LogP contribution < -0.4 is 10.6 Å². The molecule has 0 aliphatic carbocycles. The summed E-state index contributed by atoms with van der Waals surface area (Å²) in [5, 5.41) is 6.27. The number of rotatable bonds is 5. The van der Waals surface area contributed by atoms with Crippen molar-refractivity contribution in [1.82, 2.24) is 15.5 Å². The predicted octanol–water partition coefficient (Wildman–Crippen LogP) is 0.196. The van der Waals surface area contributed by atoms with E-state index < -0.39 is 0 Å². The lowest BCUT2D eigenvalue weighted by molar-refractivity contribution is -0.122. The van der Waals surface area contributed by atoms with E-state index in [2.05, 4.69) is 22.5 Å². The predicted molar refractivity (Wildman–Crippen MR) is 64.3 cm³/mol. The normalized spacial score (nSPS) is 26.7. The summed E-state index contributed by atoms with van der Waals surface area (Å²) in [5.41, 5.74) is 0. The molecule has 0 aromatic carbocycles. The Bertz CT molecular complexity index is 240. The van der Waals surface area contributed by atoms with Gasteiger partial charge in [0, 0.05) is 19.0 Å². The summed E-state index contributed by atoms with van der Waals surface area (Å²) in [6.07, 6.45) is 3.21. The largest absolute Gasteiger partial charge is 0.355 e. The Morgan fingerprint density at radius 2 is 2.31 bits per heavy atom. The fraction of sp³-hybridized carbons (Fsp3) is 0.917. The summed E-state index contributed by atoms with van der Waals surface area (Å²) in [6.45, 7) is 7.36. The molecular weight excluding hydrogens is 202 g/mol. The van der Waals surface area contributed by atoms with E-state index in [1.54, 1.807) is 0 Å². The van der Waals surface area contributed by atoms with Gasteiger partial charge < -0.3 is 10.6 Å². The molecule has 1 unspecified atom stereocenters. The van der Waals surface area contributed by atoms with Crippen molar-refractivity contribution >= 4 is 5.91 Å². The summed E-state index contributed by atoms with van der Waals surface area (Å²) in [5.74, 6) is 0.806. The monoisotopic (exact) mass is 225 g/mol. The molecule has 4 nitrogen and oxygen atoms in total. The van der Waals surface area contributed by atoms with Crippen LogP contribution in [0, 0.1) is 5.92 Å². The standard InChI is InChI=1S/C12H23N3O/c1-2-15-5-3-4-11(15)9-14-12(16)6-10-7-13-8-10/h10-11,13H,2-9H2,1H3,(H,14,16). The summed E-state index contributed by atoms with van der Waals surface area (Å²) in [4.78, 5) is 14.1. The highest BCUT2D eigenvalue weighted by Gasteiger charge is 2.24. The molecule has 2 fully saturated rings. The second-order valence-electron chi connectivity index (χ2n) is 4.96. The minimum atomic E-state index is 0.231. The van der Waals surface area contributed by atoms with Crippen molar-refractivity contribution in [1.29, 1.82) is 0 Å². The zero-order valence-electron chi connectivity index (χ0n) is 10.2. The highest BCUT2D eigenvalue weighted by atomic mass is 16.1. The third-order valence-corrected chi connectivity index (χ3v) is 3.78. The molecule has 2 rings (SSSR count). The Hall–Kier alpha value is -0.610. The van der Waals surface area contributed by atoms with Crippen LogP contribution in [0.5, 0.6) is 0 Å². The zero-order valence-corrected chi connectivity index (χ0v) is 10.2. The van der Waals surface area contributed by atoms with Gasteiger partial charge in [0.1, 0.15) is 0 Å². The van der Waals surface area contributed by atoms with Crippen LogP contribution in [0.1, 0.15) is 26.2 Å². The van der Waals surface area contributed by atoms with Gasteiger partial charge in [0.2, 0.25) is 5.91 Å². The van der Waals surface area contributed by atoms with Crippen molar-refractivity contribution in [3.63, 3.8) is 0 Å². The van der Waals surface area contributed by atoms with Gasteiger partial charge >= 0.3 is 0 Å². The maximum atomic E-state index is 11.6. The van der Waals surface area contributed by atoms with Crippen LogP contribution in [0.2, 0.25) is 0 Å². The number of hydrogen-bond acceptors (Lipinski definition) is 3. The Kier molecular flexibility index (Phi) is 4.18. The van der Waals surface area contributed by atoms with Crippen molar-refractivity contribution < 1.29 is 4.79 Å². The molecule has 1 amide bonds. The van der Waals surface area contributed by atoms with E-state index in [-0.39, 0.29) is 5.91 Å². The maximum Gasteiger partial charge on any atom is 0.220 e. The topological polar surface area (TPSA) is 44.4 Å². The van der Waals surface area contributed by atoms with E-state index in [0.717, 1.165) is 26.2 Å². The van der Waals surface area contributed by atoms with Crippen LogP contribution in [0.15, 0.2) is 0 Å². The van der Waals surface area contributed by atoms with Gasteiger partial charge in [-0.3, -0.25) is 9.69 Å². The second-order valence-corrected chi connectivity index (χ2v) is 4.96. The van der Waals surface area contributed by atoms with Gasteiger partial charge in [0.05, 0.1) is 0 Å². The number of likely N-dealkylation sites (N-methyl/N-ethyl adjacent to an activating group) is 1. The van der Waals surface area contributed by atoms with Crippen LogP contribution >= 0.6 is 0 Å². The highest BCUT2D eigenvalue weighted by molar-refractivity contribution is 5.76. The molecule has 2 aliphatic heterocycles. The fourth-order valence-electron chi connectivity index (χ4n) is 2.60. The lowest BCUT2D eigenvalue weighted by Gasteiger charge is -2.27. The Labute approximate surface area is 97.8 Å². The van der Waals surface area contributed by atoms with Crippen molar-refractivity contribution in [3.05, 3.63) is 0 Å². The average Bonchev–Trinajstić information content (AvgIpc) is 2.68. The number of carbonyl (C=O) groups is 1. The Balaban J connectivity index is 1.63. The van der Waals surface area contributed by atoms with Gasteiger partial charge in [-0.05, 0) is 44.9 Å². The molecule has 2 N–H and O–H groups in total.